The maximum atomic E-state index is 10.5. The summed E-state index contributed by atoms with van der Waals surface area (Å²) in [5, 5.41) is 8.62. The van der Waals surface area contributed by atoms with Crippen molar-refractivity contribution in [3.8, 4) is 0 Å². The fourth-order valence-electron chi connectivity index (χ4n) is 2.35. The quantitative estimate of drug-likeness (QED) is 0.679. The second kappa shape index (κ2) is 2.50. The predicted octanol–water partition coefficient (Wildman–Crippen LogP) is 2.14. The zero-order chi connectivity index (χ0) is 8.65. The van der Waals surface area contributed by atoms with E-state index in [0.29, 0.717) is 18.3 Å². The van der Waals surface area contributed by atoms with Crippen molar-refractivity contribution >= 4 is 5.97 Å². The molecule has 0 saturated heterocycles. The van der Waals surface area contributed by atoms with Crippen LogP contribution in [0.25, 0.3) is 0 Å². The highest BCUT2D eigenvalue weighted by Crippen LogP contribution is 2.61. The van der Waals surface area contributed by atoms with Crippen molar-refractivity contribution in [2.75, 3.05) is 0 Å². The molecule has 0 aliphatic heterocycles. The van der Waals surface area contributed by atoms with Gasteiger partial charge in [-0.3, -0.25) is 4.79 Å². The normalized spacial score (nSPS) is 42.1. The minimum atomic E-state index is -0.657. The highest BCUT2D eigenvalue weighted by molar-refractivity contribution is 5.68. The van der Waals surface area contributed by atoms with Gasteiger partial charge in [-0.15, -0.1) is 0 Å². The lowest BCUT2D eigenvalue weighted by atomic mass is 10.00. The summed E-state index contributed by atoms with van der Waals surface area (Å²) in [5.41, 5.74) is 0.0978. The molecule has 64 valence electrons. The van der Waals surface area contributed by atoms with Crippen molar-refractivity contribution in [3.63, 3.8) is 0 Å². The number of carboxylic acid groups (broad SMARTS) is 1. The van der Waals surface area contributed by atoms with Crippen LogP contribution in [-0.4, -0.2) is 11.1 Å². The van der Waals surface area contributed by atoms with Crippen LogP contribution in [0.2, 0.25) is 0 Å². The summed E-state index contributed by atoms with van der Waals surface area (Å²) in [6.07, 6.45) is 1.46. The zero-order valence-electron chi connectivity index (χ0n) is 7.42. The van der Waals surface area contributed by atoms with E-state index < -0.39 is 5.97 Å². The Morgan fingerprint density at radius 1 is 1.64 bits per heavy atom. The summed E-state index contributed by atoms with van der Waals surface area (Å²) in [6, 6.07) is 0. The number of hydrogen-bond donors (Lipinski definition) is 1. The summed E-state index contributed by atoms with van der Waals surface area (Å²) >= 11 is 0. The second-order valence-corrected chi connectivity index (χ2v) is 3.88. The van der Waals surface area contributed by atoms with Gasteiger partial charge in [0.15, 0.2) is 0 Å². The third kappa shape index (κ3) is 1.26. The van der Waals surface area contributed by atoms with E-state index in [2.05, 4.69) is 20.8 Å². The van der Waals surface area contributed by atoms with E-state index in [1.165, 1.54) is 0 Å². The minimum absolute atomic E-state index is 0.0978. The molecule has 3 unspecified atom stereocenters. The van der Waals surface area contributed by atoms with Crippen molar-refractivity contribution in [1.82, 2.24) is 0 Å². The van der Waals surface area contributed by atoms with Gasteiger partial charge in [0.05, 0.1) is 6.42 Å². The molecule has 1 aliphatic carbocycles. The fourth-order valence-corrected chi connectivity index (χ4v) is 2.35. The third-order valence-electron chi connectivity index (χ3n) is 3.35. The standard InChI is InChI=1S/C9H16O2/c1-4-7-6(2)9(7,3)5-8(10)11/h6-7H,4-5H2,1-3H3,(H,10,11). The lowest BCUT2D eigenvalue weighted by molar-refractivity contribution is -0.138. The second-order valence-electron chi connectivity index (χ2n) is 3.88. The number of carboxylic acids is 1. The Labute approximate surface area is 67.6 Å². The van der Waals surface area contributed by atoms with Crippen molar-refractivity contribution in [1.29, 1.82) is 0 Å². The van der Waals surface area contributed by atoms with E-state index in [4.69, 9.17) is 5.11 Å². The van der Waals surface area contributed by atoms with Crippen LogP contribution in [-0.2, 0) is 4.79 Å². The molecule has 1 fully saturated rings. The summed E-state index contributed by atoms with van der Waals surface area (Å²) in [4.78, 5) is 10.5. The smallest absolute Gasteiger partial charge is 0.303 e. The summed E-state index contributed by atoms with van der Waals surface area (Å²) in [7, 11) is 0. The first-order chi connectivity index (χ1) is 5.02. The van der Waals surface area contributed by atoms with Crippen molar-refractivity contribution in [2.24, 2.45) is 17.3 Å². The molecule has 11 heavy (non-hydrogen) atoms. The largest absolute Gasteiger partial charge is 0.481 e. The number of rotatable bonds is 3. The predicted molar refractivity (Wildman–Crippen MR) is 43.3 cm³/mol. The van der Waals surface area contributed by atoms with E-state index in [1.807, 2.05) is 0 Å². The van der Waals surface area contributed by atoms with Gasteiger partial charge in [0.2, 0.25) is 0 Å². The van der Waals surface area contributed by atoms with Gasteiger partial charge < -0.3 is 5.11 Å². The molecule has 2 nitrogen and oxygen atoms in total. The molecular formula is C9H16O2. The molecule has 0 aromatic carbocycles. The summed E-state index contributed by atoms with van der Waals surface area (Å²) < 4.78 is 0. The average Bonchev–Trinajstić information content (AvgIpc) is 2.33. The van der Waals surface area contributed by atoms with Gasteiger partial charge in [-0.2, -0.15) is 0 Å². The molecule has 3 atom stereocenters. The van der Waals surface area contributed by atoms with Gasteiger partial charge in [-0.25, -0.2) is 0 Å². The van der Waals surface area contributed by atoms with Crippen molar-refractivity contribution < 1.29 is 9.90 Å². The summed E-state index contributed by atoms with van der Waals surface area (Å²) in [6.45, 7) is 6.37. The van der Waals surface area contributed by atoms with Gasteiger partial charge >= 0.3 is 5.97 Å². The Morgan fingerprint density at radius 2 is 2.18 bits per heavy atom. The first kappa shape index (κ1) is 8.57. The fraction of sp³-hybridized carbons (Fsp3) is 0.889. The zero-order valence-corrected chi connectivity index (χ0v) is 7.42. The molecule has 0 bridgehead atoms. The molecule has 0 amide bonds. The average molecular weight is 156 g/mol. The van der Waals surface area contributed by atoms with Gasteiger partial charge in [-0.1, -0.05) is 27.2 Å². The van der Waals surface area contributed by atoms with E-state index >= 15 is 0 Å². The number of aliphatic carboxylic acids is 1. The molecule has 0 spiro atoms. The van der Waals surface area contributed by atoms with Crippen LogP contribution in [0.1, 0.15) is 33.6 Å². The Balaban J connectivity index is 2.51. The molecule has 1 rings (SSSR count). The SMILES string of the molecule is CCC1C(C)C1(C)CC(=O)O. The Bertz CT molecular complexity index is 176. The van der Waals surface area contributed by atoms with E-state index in [-0.39, 0.29) is 5.41 Å². The molecule has 0 aromatic heterocycles. The van der Waals surface area contributed by atoms with Gasteiger partial charge in [-0.05, 0) is 17.3 Å². The lowest BCUT2D eigenvalue weighted by Gasteiger charge is -2.05. The monoisotopic (exact) mass is 156 g/mol. The molecule has 1 N–H and O–H groups in total. The van der Waals surface area contributed by atoms with E-state index in [0.717, 1.165) is 6.42 Å². The lowest BCUT2D eigenvalue weighted by Crippen LogP contribution is -2.07. The molecular weight excluding hydrogens is 140 g/mol. The van der Waals surface area contributed by atoms with E-state index in [1.54, 1.807) is 0 Å². The molecule has 1 aliphatic rings. The van der Waals surface area contributed by atoms with Crippen LogP contribution in [0, 0.1) is 17.3 Å². The van der Waals surface area contributed by atoms with Crippen LogP contribution in [0.15, 0.2) is 0 Å². The highest BCUT2D eigenvalue weighted by atomic mass is 16.4. The maximum Gasteiger partial charge on any atom is 0.303 e. The van der Waals surface area contributed by atoms with Crippen LogP contribution in [0.5, 0.6) is 0 Å². The van der Waals surface area contributed by atoms with Crippen LogP contribution >= 0.6 is 0 Å². The molecule has 0 radical (unpaired) electrons. The Morgan fingerprint density at radius 3 is 2.45 bits per heavy atom. The van der Waals surface area contributed by atoms with Gasteiger partial charge in [0.1, 0.15) is 0 Å². The van der Waals surface area contributed by atoms with Crippen molar-refractivity contribution in [3.05, 3.63) is 0 Å². The number of carbonyl (C=O) groups is 1. The Kier molecular flexibility index (Phi) is 1.95. The number of hydrogen-bond acceptors (Lipinski definition) is 1. The first-order valence-electron chi connectivity index (χ1n) is 4.24. The van der Waals surface area contributed by atoms with Crippen LogP contribution < -0.4 is 0 Å². The third-order valence-corrected chi connectivity index (χ3v) is 3.35. The maximum absolute atomic E-state index is 10.5. The van der Waals surface area contributed by atoms with Crippen molar-refractivity contribution in [2.45, 2.75) is 33.6 Å². The van der Waals surface area contributed by atoms with E-state index in [9.17, 15) is 4.79 Å². The molecule has 0 heterocycles. The Hall–Kier alpha value is -0.530. The highest BCUT2D eigenvalue weighted by Gasteiger charge is 2.57. The first-order valence-corrected chi connectivity index (χ1v) is 4.24. The van der Waals surface area contributed by atoms with Crippen LogP contribution in [0.3, 0.4) is 0 Å². The molecule has 1 saturated carbocycles. The van der Waals surface area contributed by atoms with Crippen LogP contribution in [0.4, 0.5) is 0 Å². The minimum Gasteiger partial charge on any atom is -0.481 e. The molecule has 0 aromatic rings. The summed E-state index contributed by atoms with van der Waals surface area (Å²) in [5.74, 6) is 0.581. The van der Waals surface area contributed by atoms with Gasteiger partial charge in [0, 0.05) is 0 Å². The topological polar surface area (TPSA) is 37.3 Å². The van der Waals surface area contributed by atoms with Gasteiger partial charge in [0.25, 0.3) is 0 Å². The molecule has 2 heteroatoms.